The topological polar surface area (TPSA) is 72.6 Å². The first-order chi connectivity index (χ1) is 12.7. The van der Waals surface area contributed by atoms with Crippen molar-refractivity contribution in [3.63, 3.8) is 0 Å². The second-order valence-electron chi connectivity index (χ2n) is 5.81. The number of hydrogen-bond donors (Lipinski definition) is 2. The molecule has 0 aliphatic rings. The molecule has 6 heteroatoms. The van der Waals surface area contributed by atoms with Crippen molar-refractivity contribution in [2.24, 2.45) is 0 Å². The molecule has 0 saturated carbocycles. The lowest BCUT2D eigenvalue weighted by atomic mass is 10.1. The van der Waals surface area contributed by atoms with E-state index in [9.17, 15) is 4.79 Å². The van der Waals surface area contributed by atoms with Crippen molar-refractivity contribution in [1.82, 2.24) is 10.3 Å². The van der Waals surface area contributed by atoms with Crippen LogP contribution in [-0.2, 0) is 4.74 Å². The number of benzene rings is 2. The second kappa shape index (κ2) is 7.93. The van der Waals surface area contributed by atoms with E-state index in [1.807, 2.05) is 48.5 Å². The van der Waals surface area contributed by atoms with Crippen LogP contribution >= 0.6 is 0 Å². The molecule has 0 bridgehead atoms. The SMILES string of the molecule is COc1ccc2cc(C(=O)NC[C@H](OC)c3ccccc3OC)[nH]c2c1. The predicted octanol–water partition coefficient (Wildman–Crippen LogP) is 3.30. The number of rotatable bonds is 7. The first-order valence-corrected chi connectivity index (χ1v) is 8.27. The summed E-state index contributed by atoms with van der Waals surface area (Å²) < 4.78 is 16.1. The van der Waals surface area contributed by atoms with Gasteiger partial charge in [0.1, 0.15) is 23.3 Å². The van der Waals surface area contributed by atoms with Crippen molar-refractivity contribution in [1.29, 1.82) is 0 Å². The van der Waals surface area contributed by atoms with Gasteiger partial charge in [0, 0.05) is 36.2 Å². The molecule has 0 aliphatic heterocycles. The summed E-state index contributed by atoms with van der Waals surface area (Å²) >= 11 is 0. The Morgan fingerprint density at radius 1 is 1.08 bits per heavy atom. The Morgan fingerprint density at radius 2 is 1.88 bits per heavy atom. The fourth-order valence-electron chi connectivity index (χ4n) is 2.89. The molecular formula is C20H22N2O4. The van der Waals surface area contributed by atoms with E-state index in [1.165, 1.54) is 0 Å². The van der Waals surface area contributed by atoms with E-state index in [0.717, 1.165) is 28.0 Å². The zero-order valence-corrected chi connectivity index (χ0v) is 15.0. The number of carbonyl (C=O) groups excluding carboxylic acids is 1. The molecule has 1 heterocycles. The smallest absolute Gasteiger partial charge is 0.267 e. The third kappa shape index (κ3) is 3.65. The number of fused-ring (bicyclic) bond motifs is 1. The Morgan fingerprint density at radius 3 is 2.62 bits per heavy atom. The number of aromatic nitrogens is 1. The molecule has 2 N–H and O–H groups in total. The zero-order valence-electron chi connectivity index (χ0n) is 15.0. The monoisotopic (exact) mass is 354 g/mol. The minimum absolute atomic E-state index is 0.197. The van der Waals surface area contributed by atoms with Crippen molar-refractivity contribution < 1.29 is 19.0 Å². The maximum atomic E-state index is 12.5. The summed E-state index contributed by atoms with van der Waals surface area (Å²) in [5.74, 6) is 1.27. The number of hydrogen-bond acceptors (Lipinski definition) is 4. The van der Waals surface area contributed by atoms with E-state index in [2.05, 4.69) is 10.3 Å². The Labute approximate surface area is 152 Å². The van der Waals surface area contributed by atoms with Crippen LogP contribution < -0.4 is 14.8 Å². The average molecular weight is 354 g/mol. The second-order valence-corrected chi connectivity index (χ2v) is 5.81. The Balaban J connectivity index is 1.73. The van der Waals surface area contributed by atoms with E-state index >= 15 is 0 Å². The highest BCUT2D eigenvalue weighted by Gasteiger charge is 2.17. The van der Waals surface area contributed by atoms with Crippen LogP contribution in [0.4, 0.5) is 0 Å². The minimum Gasteiger partial charge on any atom is -0.497 e. The number of methoxy groups -OCH3 is 3. The lowest BCUT2D eigenvalue weighted by Crippen LogP contribution is -2.29. The molecule has 136 valence electrons. The summed E-state index contributed by atoms with van der Waals surface area (Å²) in [6.45, 7) is 0.328. The van der Waals surface area contributed by atoms with Gasteiger partial charge in [-0.2, -0.15) is 0 Å². The summed E-state index contributed by atoms with van der Waals surface area (Å²) in [6.07, 6.45) is -0.306. The molecule has 3 rings (SSSR count). The van der Waals surface area contributed by atoms with Gasteiger partial charge < -0.3 is 24.5 Å². The maximum absolute atomic E-state index is 12.5. The van der Waals surface area contributed by atoms with Crippen molar-refractivity contribution in [2.45, 2.75) is 6.10 Å². The molecule has 0 aliphatic carbocycles. The molecule has 2 aromatic carbocycles. The first kappa shape index (κ1) is 17.8. The molecule has 0 spiro atoms. The average Bonchev–Trinajstić information content (AvgIpc) is 3.11. The summed E-state index contributed by atoms with van der Waals surface area (Å²) in [5, 5.41) is 3.86. The molecular weight excluding hydrogens is 332 g/mol. The Bertz CT molecular complexity index is 904. The lowest BCUT2D eigenvalue weighted by Gasteiger charge is -2.18. The third-order valence-corrected chi connectivity index (χ3v) is 4.29. The van der Waals surface area contributed by atoms with Gasteiger partial charge in [0.05, 0.1) is 14.2 Å². The Hall–Kier alpha value is -2.99. The highest BCUT2D eigenvalue weighted by atomic mass is 16.5. The van der Waals surface area contributed by atoms with Crippen LogP contribution in [0, 0.1) is 0 Å². The highest BCUT2D eigenvalue weighted by molar-refractivity contribution is 5.98. The number of aromatic amines is 1. The van der Waals surface area contributed by atoms with Gasteiger partial charge in [-0.25, -0.2) is 0 Å². The van der Waals surface area contributed by atoms with E-state index < -0.39 is 0 Å². The van der Waals surface area contributed by atoms with E-state index in [0.29, 0.717) is 12.2 Å². The summed E-state index contributed by atoms with van der Waals surface area (Å²) in [7, 11) is 4.84. The van der Waals surface area contributed by atoms with Crippen LogP contribution in [0.15, 0.2) is 48.5 Å². The van der Waals surface area contributed by atoms with Gasteiger partial charge in [-0.05, 0) is 24.3 Å². The van der Waals surface area contributed by atoms with Gasteiger partial charge in [0.15, 0.2) is 0 Å². The summed E-state index contributed by atoms with van der Waals surface area (Å²) in [5.41, 5.74) is 2.23. The minimum atomic E-state index is -0.306. The molecule has 0 fully saturated rings. The van der Waals surface area contributed by atoms with Crippen molar-refractivity contribution in [2.75, 3.05) is 27.9 Å². The molecule has 1 atom stereocenters. The summed E-state index contributed by atoms with van der Waals surface area (Å²) in [6, 6.07) is 15.1. The van der Waals surface area contributed by atoms with Crippen LogP contribution in [0.3, 0.4) is 0 Å². The van der Waals surface area contributed by atoms with Gasteiger partial charge in [0.2, 0.25) is 0 Å². The number of nitrogens with one attached hydrogen (secondary N) is 2. The van der Waals surface area contributed by atoms with Crippen LogP contribution in [0.2, 0.25) is 0 Å². The van der Waals surface area contributed by atoms with Crippen LogP contribution in [0.5, 0.6) is 11.5 Å². The van der Waals surface area contributed by atoms with E-state index in [4.69, 9.17) is 14.2 Å². The molecule has 1 aromatic heterocycles. The first-order valence-electron chi connectivity index (χ1n) is 8.27. The highest BCUT2D eigenvalue weighted by Crippen LogP contribution is 2.26. The van der Waals surface area contributed by atoms with Crippen molar-refractivity contribution in [3.8, 4) is 11.5 Å². The molecule has 6 nitrogen and oxygen atoms in total. The largest absolute Gasteiger partial charge is 0.497 e. The number of carbonyl (C=O) groups is 1. The number of H-pyrrole nitrogens is 1. The number of ether oxygens (including phenoxy) is 3. The van der Waals surface area contributed by atoms with Crippen molar-refractivity contribution >= 4 is 16.8 Å². The number of amides is 1. The molecule has 0 unspecified atom stereocenters. The molecule has 1 amide bonds. The summed E-state index contributed by atoms with van der Waals surface area (Å²) in [4.78, 5) is 15.6. The van der Waals surface area contributed by atoms with Gasteiger partial charge in [0.25, 0.3) is 5.91 Å². The van der Waals surface area contributed by atoms with Gasteiger partial charge in [-0.1, -0.05) is 18.2 Å². The van der Waals surface area contributed by atoms with E-state index in [-0.39, 0.29) is 12.0 Å². The fraction of sp³-hybridized carbons (Fsp3) is 0.250. The quantitative estimate of drug-likeness (QED) is 0.683. The van der Waals surface area contributed by atoms with Crippen molar-refractivity contribution in [3.05, 3.63) is 59.8 Å². The van der Waals surface area contributed by atoms with Crippen LogP contribution in [0.1, 0.15) is 22.2 Å². The molecule has 0 saturated heterocycles. The Kier molecular flexibility index (Phi) is 5.43. The van der Waals surface area contributed by atoms with Gasteiger partial charge in [-0.3, -0.25) is 4.79 Å². The standard InChI is InChI=1S/C20H22N2O4/c1-24-14-9-8-13-10-17(22-16(13)11-14)20(23)21-12-19(26-3)15-6-4-5-7-18(15)25-2/h4-11,19,22H,12H2,1-3H3,(H,21,23)/t19-/m0/s1. The maximum Gasteiger partial charge on any atom is 0.267 e. The van der Waals surface area contributed by atoms with Gasteiger partial charge >= 0.3 is 0 Å². The zero-order chi connectivity index (χ0) is 18.5. The predicted molar refractivity (Wildman–Crippen MR) is 99.9 cm³/mol. The third-order valence-electron chi connectivity index (χ3n) is 4.29. The molecule has 26 heavy (non-hydrogen) atoms. The lowest BCUT2D eigenvalue weighted by molar-refractivity contribution is 0.0816. The number of para-hydroxylation sites is 1. The van der Waals surface area contributed by atoms with Crippen LogP contribution in [-0.4, -0.2) is 38.8 Å². The normalized spacial score (nSPS) is 12.0. The van der Waals surface area contributed by atoms with Crippen LogP contribution in [0.25, 0.3) is 10.9 Å². The van der Waals surface area contributed by atoms with Gasteiger partial charge in [-0.15, -0.1) is 0 Å². The fourth-order valence-corrected chi connectivity index (χ4v) is 2.89. The molecule has 3 aromatic rings. The molecule has 0 radical (unpaired) electrons. The van der Waals surface area contributed by atoms with E-state index in [1.54, 1.807) is 21.3 Å².